The fraction of sp³-hybridized carbons (Fsp3) is 0.0714. The summed E-state index contributed by atoms with van der Waals surface area (Å²) in [5.41, 5.74) is 0.758. The van der Waals surface area contributed by atoms with Gasteiger partial charge < -0.3 is 10.2 Å². The molecule has 0 unspecified atom stereocenters. The molecule has 7 heteroatoms. The smallest absolute Gasteiger partial charge is 0.175 e. The van der Waals surface area contributed by atoms with Crippen LogP contribution in [0.5, 0.6) is 11.5 Å². The largest absolute Gasteiger partial charge is 0.508 e. The van der Waals surface area contributed by atoms with Gasteiger partial charge in [0.2, 0.25) is 0 Å². The lowest BCUT2D eigenvalue weighted by Crippen LogP contribution is -1.95. The minimum atomic E-state index is -3.25. The lowest BCUT2D eigenvalue weighted by molar-refractivity contribution is 0.460. The van der Waals surface area contributed by atoms with E-state index in [2.05, 4.69) is 4.99 Å². The van der Waals surface area contributed by atoms with E-state index in [1.165, 1.54) is 42.6 Å². The molecule has 0 saturated heterocycles. The molecule has 2 N–H and O–H groups in total. The van der Waals surface area contributed by atoms with Crippen LogP contribution in [0.2, 0.25) is 5.02 Å². The molecule has 0 aliphatic rings. The van der Waals surface area contributed by atoms with Crippen LogP contribution in [-0.4, -0.2) is 31.1 Å². The molecule has 0 amide bonds. The quantitative estimate of drug-likeness (QED) is 0.671. The summed E-state index contributed by atoms with van der Waals surface area (Å²) in [6.07, 6.45) is 2.45. The van der Waals surface area contributed by atoms with Crippen molar-refractivity contribution in [3.63, 3.8) is 0 Å². The van der Waals surface area contributed by atoms with Crippen molar-refractivity contribution < 1.29 is 18.6 Å². The van der Waals surface area contributed by atoms with Crippen LogP contribution in [-0.2, 0) is 9.84 Å². The van der Waals surface area contributed by atoms with E-state index in [0.29, 0.717) is 5.69 Å². The standard InChI is InChI=1S/C14H12ClNO4S/c1-21(19,20)12-4-2-10(3-5-12)16-8-9-6-11(17)7-13(15)14(9)18/h2-8,17-18H,1H3. The van der Waals surface area contributed by atoms with E-state index >= 15 is 0 Å². The summed E-state index contributed by atoms with van der Waals surface area (Å²) in [6.45, 7) is 0. The van der Waals surface area contributed by atoms with Crippen LogP contribution in [0.25, 0.3) is 0 Å². The van der Waals surface area contributed by atoms with Gasteiger partial charge in [0.1, 0.15) is 11.5 Å². The van der Waals surface area contributed by atoms with Gasteiger partial charge in [-0.25, -0.2) is 8.42 Å². The van der Waals surface area contributed by atoms with Crippen LogP contribution in [0.1, 0.15) is 5.56 Å². The van der Waals surface area contributed by atoms with Crippen LogP contribution in [0.3, 0.4) is 0 Å². The third-order valence-corrected chi connectivity index (χ3v) is 4.11. The summed E-state index contributed by atoms with van der Waals surface area (Å²) >= 11 is 5.73. The van der Waals surface area contributed by atoms with Gasteiger partial charge in [-0.1, -0.05) is 11.6 Å². The molecular formula is C14H12ClNO4S. The summed E-state index contributed by atoms with van der Waals surface area (Å²) in [5.74, 6) is -0.280. The first-order valence-corrected chi connectivity index (χ1v) is 8.10. The highest BCUT2D eigenvalue weighted by atomic mass is 35.5. The predicted molar refractivity (Wildman–Crippen MR) is 81.6 cm³/mol. The minimum absolute atomic E-state index is 0.0175. The van der Waals surface area contributed by atoms with Crippen molar-refractivity contribution in [2.24, 2.45) is 4.99 Å². The number of benzene rings is 2. The highest BCUT2D eigenvalue weighted by molar-refractivity contribution is 7.90. The SMILES string of the molecule is CS(=O)(=O)c1ccc(N=Cc2cc(O)cc(Cl)c2O)cc1. The Balaban J connectivity index is 2.30. The average Bonchev–Trinajstić information content (AvgIpc) is 2.40. The number of phenolic OH excluding ortho intramolecular Hbond substituents is 2. The van der Waals surface area contributed by atoms with Crippen LogP contribution in [0.15, 0.2) is 46.3 Å². The molecule has 0 spiro atoms. The van der Waals surface area contributed by atoms with Gasteiger partial charge in [-0.05, 0) is 30.3 Å². The maximum Gasteiger partial charge on any atom is 0.175 e. The van der Waals surface area contributed by atoms with Gasteiger partial charge in [0, 0.05) is 24.1 Å². The summed E-state index contributed by atoms with van der Waals surface area (Å²) in [4.78, 5) is 4.29. The van der Waals surface area contributed by atoms with Gasteiger partial charge in [-0.2, -0.15) is 0 Å². The number of halogens is 1. The summed E-state index contributed by atoms with van der Waals surface area (Å²) in [7, 11) is -3.25. The van der Waals surface area contributed by atoms with Crippen molar-refractivity contribution in [3.05, 3.63) is 47.0 Å². The molecule has 0 aromatic heterocycles. The maximum absolute atomic E-state index is 11.3. The first kappa shape index (κ1) is 15.3. The molecular weight excluding hydrogens is 314 g/mol. The zero-order chi connectivity index (χ0) is 15.6. The van der Waals surface area contributed by atoms with E-state index in [4.69, 9.17) is 11.6 Å². The van der Waals surface area contributed by atoms with Crippen molar-refractivity contribution in [2.75, 3.05) is 6.26 Å². The Labute approximate surface area is 127 Å². The Kier molecular flexibility index (Phi) is 4.20. The van der Waals surface area contributed by atoms with Gasteiger partial charge in [-0.15, -0.1) is 0 Å². The van der Waals surface area contributed by atoms with Crippen molar-refractivity contribution in [3.8, 4) is 11.5 Å². The van der Waals surface area contributed by atoms with Gasteiger partial charge in [-0.3, -0.25) is 4.99 Å². The zero-order valence-corrected chi connectivity index (χ0v) is 12.6. The van der Waals surface area contributed by atoms with Gasteiger partial charge in [0.25, 0.3) is 0 Å². The zero-order valence-electron chi connectivity index (χ0n) is 11.0. The first-order chi connectivity index (χ1) is 9.77. The van der Waals surface area contributed by atoms with Gasteiger partial charge in [0.05, 0.1) is 15.6 Å². The van der Waals surface area contributed by atoms with Crippen molar-refractivity contribution in [1.29, 1.82) is 0 Å². The van der Waals surface area contributed by atoms with Crippen LogP contribution in [0, 0.1) is 0 Å². The maximum atomic E-state index is 11.3. The third kappa shape index (κ3) is 3.74. The molecule has 21 heavy (non-hydrogen) atoms. The highest BCUT2D eigenvalue weighted by Gasteiger charge is 2.07. The molecule has 0 saturated carbocycles. The van der Waals surface area contributed by atoms with E-state index in [9.17, 15) is 18.6 Å². The fourth-order valence-electron chi connectivity index (χ4n) is 1.63. The van der Waals surface area contributed by atoms with Crippen LogP contribution < -0.4 is 0 Å². The fourth-order valence-corrected chi connectivity index (χ4v) is 2.48. The van der Waals surface area contributed by atoms with Gasteiger partial charge >= 0.3 is 0 Å². The Bertz CT molecular complexity index is 798. The Morgan fingerprint density at radius 3 is 2.33 bits per heavy atom. The second-order valence-electron chi connectivity index (χ2n) is 4.39. The monoisotopic (exact) mass is 325 g/mol. The lowest BCUT2D eigenvalue weighted by atomic mass is 10.2. The average molecular weight is 326 g/mol. The minimum Gasteiger partial charge on any atom is -0.508 e. The highest BCUT2D eigenvalue weighted by Crippen LogP contribution is 2.31. The summed E-state index contributed by atoms with van der Waals surface area (Å²) in [5, 5.41) is 19.2. The van der Waals surface area contributed by atoms with Crippen molar-refractivity contribution in [2.45, 2.75) is 4.90 Å². The van der Waals surface area contributed by atoms with Crippen LogP contribution >= 0.6 is 11.6 Å². The molecule has 2 rings (SSSR count). The first-order valence-electron chi connectivity index (χ1n) is 5.83. The van der Waals surface area contributed by atoms with Crippen LogP contribution in [0.4, 0.5) is 5.69 Å². The van der Waals surface area contributed by atoms with E-state index in [1.54, 1.807) is 0 Å². The topological polar surface area (TPSA) is 87.0 Å². The number of nitrogens with zero attached hydrogens (tertiary/aromatic N) is 1. The van der Waals surface area contributed by atoms with Crippen molar-refractivity contribution >= 4 is 33.3 Å². The molecule has 0 fully saturated rings. The molecule has 0 heterocycles. The van der Waals surface area contributed by atoms with Gasteiger partial charge in [0.15, 0.2) is 9.84 Å². The Morgan fingerprint density at radius 2 is 1.76 bits per heavy atom. The summed E-state index contributed by atoms with van der Waals surface area (Å²) in [6, 6.07) is 8.49. The second-order valence-corrected chi connectivity index (χ2v) is 6.81. The molecule has 5 nitrogen and oxygen atoms in total. The lowest BCUT2D eigenvalue weighted by Gasteiger charge is -2.03. The number of phenols is 2. The second kappa shape index (κ2) is 5.75. The molecule has 0 atom stereocenters. The molecule has 110 valence electrons. The molecule has 2 aromatic rings. The number of sulfone groups is 1. The molecule has 2 aromatic carbocycles. The van der Waals surface area contributed by atoms with E-state index in [1.807, 2.05) is 0 Å². The van der Waals surface area contributed by atoms with E-state index in [-0.39, 0.29) is 27.0 Å². The van der Waals surface area contributed by atoms with E-state index in [0.717, 1.165) is 6.26 Å². The molecule has 0 bridgehead atoms. The molecule has 0 aliphatic carbocycles. The number of hydrogen-bond acceptors (Lipinski definition) is 5. The van der Waals surface area contributed by atoms with E-state index < -0.39 is 9.84 Å². The number of aromatic hydroxyl groups is 2. The Morgan fingerprint density at radius 1 is 1.14 bits per heavy atom. The molecule has 0 aliphatic heterocycles. The third-order valence-electron chi connectivity index (χ3n) is 2.70. The van der Waals surface area contributed by atoms with Crippen molar-refractivity contribution in [1.82, 2.24) is 0 Å². The Hall–Kier alpha value is -2.05. The normalized spacial score (nSPS) is 11.9. The number of hydrogen-bond donors (Lipinski definition) is 2. The number of aliphatic imine (C=N–C) groups is 1. The number of rotatable bonds is 3. The predicted octanol–water partition coefficient (Wildman–Crippen LogP) is 2.91. The molecule has 0 radical (unpaired) electrons. The summed E-state index contributed by atoms with van der Waals surface area (Å²) < 4.78 is 22.7.